The summed E-state index contributed by atoms with van der Waals surface area (Å²) < 4.78 is 0. The number of hydrogen-bond donors (Lipinski definition) is 1. The summed E-state index contributed by atoms with van der Waals surface area (Å²) in [5.74, 6) is -0.0698. The summed E-state index contributed by atoms with van der Waals surface area (Å²) in [7, 11) is 0. The Bertz CT molecular complexity index is 636. The molecule has 1 aliphatic heterocycles. The first-order chi connectivity index (χ1) is 11.2. The van der Waals surface area contributed by atoms with Crippen LogP contribution < -0.4 is 5.32 Å². The lowest BCUT2D eigenvalue weighted by Gasteiger charge is -2.26. The number of fused-ring (bicyclic) bond motifs is 1. The highest BCUT2D eigenvalue weighted by Gasteiger charge is 2.35. The summed E-state index contributed by atoms with van der Waals surface area (Å²) in [4.78, 5) is 26.8. The molecule has 122 valence electrons. The van der Waals surface area contributed by atoms with Gasteiger partial charge in [-0.2, -0.15) is 0 Å². The molecule has 1 aromatic carbocycles. The monoisotopic (exact) mass is 312 g/mol. The standard InChI is InChI=1S/C19H24N2O2/c1-2-17(18(22)20-12-14-8-4-3-5-9-14)21-13-15-10-6-7-11-16(15)19(21)23/h6-8,10-11,17H,2-5,9,12-13H2,1H3,(H,20,22). The van der Waals surface area contributed by atoms with Gasteiger partial charge in [-0.3, -0.25) is 9.59 Å². The Kier molecular flexibility index (Phi) is 4.79. The highest BCUT2D eigenvalue weighted by Crippen LogP contribution is 2.25. The summed E-state index contributed by atoms with van der Waals surface area (Å²) in [5.41, 5.74) is 3.06. The van der Waals surface area contributed by atoms with E-state index in [1.807, 2.05) is 31.2 Å². The molecule has 0 aromatic heterocycles. The zero-order valence-electron chi connectivity index (χ0n) is 13.7. The van der Waals surface area contributed by atoms with E-state index in [1.165, 1.54) is 18.4 Å². The van der Waals surface area contributed by atoms with Crippen molar-refractivity contribution in [3.05, 3.63) is 47.0 Å². The molecular formula is C19H24N2O2. The minimum atomic E-state index is -0.390. The lowest BCUT2D eigenvalue weighted by molar-refractivity contribution is -0.125. The highest BCUT2D eigenvalue weighted by molar-refractivity contribution is 6.01. The van der Waals surface area contributed by atoms with Crippen molar-refractivity contribution in [3.63, 3.8) is 0 Å². The Morgan fingerprint density at radius 2 is 2.13 bits per heavy atom. The molecule has 0 fully saturated rings. The normalized spacial score (nSPS) is 18.4. The van der Waals surface area contributed by atoms with Crippen LogP contribution in [-0.4, -0.2) is 29.3 Å². The van der Waals surface area contributed by atoms with Gasteiger partial charge in [0.25, 0.3) is 5.91 Å². The van der Waals surface area contributed by atoms with Crippen molar-refractivity contribution < 1.29 is 9.59 Å². The number of carbonyl (C=O) groups excluding carboxylic acids is 2. The number of allylic oxidation sites excluding steroid dienone is 1. The van der Waals surface area contributed by atoms with Crippen molar-refractivity contribution in [2.24, 2.45) is 0 Å². The van der Waals surface area contributed by atoms with Gasteiger partial charge in [-0.15, -0.1) is 0 Å². The SMILES string of the molecule is CCC(C(=O)NCC1=CCCCC1)N1Cc2ccccc2C1=O. The summed E-state index contributed by atoms with van der Waals surface area (Å²) in [6.07, 6.45) is 7.51. The van der Waals surface area contributed by atoms with Crippen molar-refractivity contribution in [2.75, 3.05) is 6.54 Å². The fraction of sp³-hybridized carbons (Fsp3) is 0.474. The van der Waals surface area contributed by atoms with Gasteiger partial charge in [0.1, 0.15) is 6.04 Å². The predicted octanol–water partition coefficient (Wildman–Crippen LogP) is 3.04. The van der Waals surface area contributed by atoms with Crippen LogP contribution >= 0.6 is 0 Å². The van der Waals surface area contributed by atoms with Gasteiger partial charge >= 0.3 is 0 Å². The molecular weight excluding hydrogens is 288 g/mol. The molecule has 0 saturated heterocycles. The molecule has 2 amide bonds. The maximum Gasteiger partial charge on any atom is 0.255 e. The zero-order chi connectivity index (χ0) is 16.2. The molecule has 1 heterocycles. The Labute approximate surface area is 137 Å². The second-order valence-electron chi connectivity index (χ2n) is 6.34. The van der Waals surface area contributed by atoms with Crippen LogP contribution in [0.2, 0.25) is 0 Å². The molecule has 0 saturated carbocycles. The van der Waals surface area contributed by atoms with Crippen LogP contribution in [-0.2, 0) is 11.3 Å². The van der Waals surface area contributed by atoms with Gasteiger partial charge in [0.2, 0.25) is 5.91 Å². The lowest BCUT2D eigenvalue weighted by atomic mass is 9.99. The topological polar surface area (TPSA) is 49.4 Å². The molecule has 1 atom stereocenters. The number of carbonyl (C=O) groups is 2. The van der Waals surface area contributed by atoms with E-state index in [9.17, 15) is 9.59 Å². The molecule has 1 aromatic rings. The Balaban J connectivity index is 1.65. The van der Waals surface area contributed by atoms with Crippen molar-refractivity contribution in [1.82, 2.24) is 10.2 Å². The minimum absolute atomic E-state index is 0.0283. The van der Waals surface area contributed by atoms with Crippen LogP contribution in [0, 0.1) is 0 Å². The maximum atomic E-state index is 12.6. The van der Waals surface area contributed by atoms with Gasteiger partial charge in [0.05, 0.1) is 0 Å². The van der Waals surface area contributed by atoms with E-state index in [0.717, 1.165) is 24.0 Å². The van der Waals surface area contributed by atoms with E-state index < -0.39 is 0 Å². The summed E-state index contributed by atoms with van der Waals surface area (Å²) in [6, 6.07) is 7.22. The quantitative estimate of drug-likeness (QED) is 0.850. The molecule has 3 rings (SSSR count). The van der Waals surface area contributed by atoms with E-state index in [0.29, 0.717) is 19.5 Å². The Morgan fingerprint density at radius 1 is 1.30 bits per heavy atom. The summed E-state index contributed by atoms with van der Waals surface area (Å²) in [5, 5.41) is 3.03. The highest BCUT2D eigenvalue weighted by atomic mass is 16.2. The number of rotatable bonds is 5. The van der Waals surface area contributed by atoms with E-state index in [1.54, 1.807) is 4.90 Å². The van der Waals surface area contributed by atoms with Crippen molar-refractivity contribution >= 4 is 11.8 Å². The van der Waals surface area contributed by atoms with Crippen LogP contribution in [0.3, 0.4) is 0 Å². The van der Waals surface area contributed by atoms with E-state index in [-0.39, 0.29) is 17.9 Å². The number of nitrogens with zero attached hydrogens (tertiary/aromatic N) is 1. The first kappa shape index (κ1) is 15.8. The van der Waals surface area contributed by atoms with Crippen LogP contribution in [0.15, 0.2) is 35.9 Å². The first-order valence-corrected chi connectivity index (χ1v) is 8.55. The lowest BCUT2D eigenvalue weighted by Crippen LogP contribution is -2.47. The molecule has 0 bridgehead atoms. The van der Waals surface area contributed by atoms with E-state index >= 15 is 0 Å². The maximum absolute atomic E-state index is 12.6. The number of hydrogen-bond acceptors (Lipinski definition) is 2. The molecule has 0 radical (unpaired) electrons. The van der Waals surface area contributed by atoms with Crippen molar-refractivity contribution in [3.8, 4) is 0 Å². The Hall–Kier alpha value is -2.10. The summed E-state index contributed by atoms with van der Waals surface area (Å²) in [6.45, 7) is 3.11. The Morgan fingerprint density at radius 3 is 2.83 bits per heavy atom. The molecule has 0 spiro atoms. The molecule has 4 nitrogen and oxygen atoms in total. The van der Waals surface area contributed by atoms with Gasteiger partial charge in [0.15, 0.2) is 0 Å². The smallest absolute Gasteiger partial charge is 0.255 e. The van der Waals surface area contributed by atoms with Crippen LogP contribution in [0.25, 0.3) is 0 Å². The van der Waals surface area contributed by atoms with E-state index in [4.69, 9.17) is 0 Å². The molecule has 1 N–H and O–H groups in total. The predicted molar refractivity (Wildman–Crippen MR) is 90.0 cm³/mol. The molecule has 2 aliphatic rings. The van der Waals surface area contributed by atoms with Crippen LogP contribution in [0.4, 0.5) is 0 Å². The molecule has 1 unspecified atom stereocenters. The van der Waals surface area contributed by atoms with Crippen molar-refractivity contribution in [2.45, 2.75) is 51.6 Å². The second kappa shape index (κ2) is 6.99. The summed E-state index contributed by atoms with van der Waals surface area (Å²) >= 11 is 0. The largest absolute Gasteiger partial charge is 0.351 e. The van der Waals surface area contributed by atoms with Gasteiger partial charge in [0, 0.05) is 18.7 Å². The fourth-order valence-corrected chi connectivity index (χ4v) is 3.46. The molecule has 23 heavy (non-hydrogen) atoms. The number of nitrogens with one attached hydrogen (secondary N) is 1. The third-order valence-electron chi connectivity index (χ3n) is 4.79. The van der Waals surface area contributed by atoms with Crippen LogP contribution in [0.1, 0.15) is 54.9 Å². The minimum Gasteiger partial charge on any atom is -0.351 e. The van der Waals surface area contributed by atoms with Gasteiger partial charge < -0.3 is 10.2 Å². The third kappa shape index (κ3) is 3.31. The first-order valence-electron chi connectivity index (χ1n) is 8.55. The van der Waals surface area contributed by atoms with Gasteiger partial charge in [-0.1, -0.05) is 36.8 Å². The average Bonchev–Trinajstić information content (AvgIpc) is 2.92. The van der Waals surface area contributed by atoms with Gasteiger partial charge in [-0.25, -0.2) is 0 Å². The average molecular weight is 312 g/mol. The number of benzene rings is 1. The third-order valence-corrected chi connectivity index (χ3v) is 4.79. The van der Waals surface area contributed by atoms with Crippen molar-refractivity contribution in [1.29, 1.82) is 0 Å². The second-order valence-corrected chi connectivity index (χ2v) is 6.34. The zero-order valence-corrected chi connectivity index (χ0v) is 13.7. The number of amides is 2. The molecule has 4 heteroatoms. The van der Waals surface area contributed by atoms with Crippen LogP contribution in [0.5, 0.6) is 0 Å². The fourth-order valence-electron chi connectivity index (χ4n) is 3.46. The molecule has 1 aliphatic carbocycles. The van der Waals surface area contributed by atoms with E-state index in [2.05, 4.69) is 11.4 Å². The van der Waals surface area contributed by atoms with Gasteiger partial charge in [-0.05, 0) is 43.7 Å².